The van der Waals surface area contributed by atoms with Gasteiger partial charge in [-0.3, -0.25) is 10.2 Å². The van der Waals surface area contributed by atoms with Crippen LogP contribution in [-0.2, 0) is 4.79 Å². The number of hydrogen-bond acceptors (Lipinski definition) is 2. The summed E-state index contributed by atoms with van der Waals surface area (Å²) >= 11 is 0. The number of hydrogen-bond donors (Lipinski definition) is 2. The van der Waals surface area contributed by atoms with E-state index in [-0.39, 0.29) is 11.8 Å². The van der Waals surface area contributed by atoms with Gasteiger partial charge in [0.2, 0.25) is 5.91 Å². The molecule has 0 heterocycles. The van der Waals surface area contributed by atoms with Crippen molar-refractivity contribution in [3.05, 3.63) is 0 Å². The molecular weight excluding hydrogens is 128 g/mol. The largest absolute Gasteiger partial charge is 0.294 e. The van der Waals surface area contributed by atoms with E-state index in [2.05, 4.69) is 5.43 Å². The summed E-state index contributed by atoms with van der Waals surface area (Å²) in [7, 11) is 0. The maximum atomic E-state index is 10.9. The molecular formula is C7H12N2O. The van der Waals surface area contributed by atoms with Gasteiger partial charge >= 0.3 is 0 Å². The van der Waals surface area contributed by atoms with E-state index in [4.69, 9.17) is 5.84 Å². The van der Waals surface area contributed by atoms with Crippen LogP contribution in [0.15, 0.2) is 0 Å². The third-order valence-corrected chi connectivity index (χ3v) is 2.76. The Bertz CT molecular complexity index is 159. The Hall–Kier alpha value is -0.570. The minimum atomic E-state index is 0.0344. The van der Waals surface area contributed by atoms with Crippen LogP contribution < -0.4 is 11.3 Å². The summed E-state index contributed by atoms with van der Waals surface area (Å²) in [5.74, 6) is 7.00. The van der Waals surface area contributed by atoms with Crippen LogP contribution in [0.2, 0.25) is 0 Å². The van der Waals surface area contributed by atoms with Crippen LogP contribution in [0.3, 0.4) is 0 Å². The lowest BCUT2D eigenvalue weighted by Crippen LogP contribution is -2.35. The van der Waals surface area contributed by atoms with Crippen LogP contribution in [0.5, 0.6) is 0 Å². The Kier molecular flexibility index (Phi) is 1.20. The first kappa shape index (κ1) is 6.16. The van der Waals surface area contributed by atoms with Crippen LogP contribution in [-0.4, -0.2) is 5.91 Å². The first-order valence-corrected chi connectivity index (χ1v) is 3.81. The Morgan fingerprint density at radius 1 is 1.30 bits per heavy atom. The highest BCUT2D eigenvalue weighted by Gasteiger charge is 2.47. The number of carbonyl (C=O) groups is 1. The topological polar surface area (TPSA) is 55.1 Å². The monoisotopic (exact) mass is 140 g/mol. The molecule has 2 unspecified atom stereocenters. The van der Waals surface area contributed by atoms with Crippen molar-refractivity contribution >= 4 is 5.91 Å². The lowest BCUT2D eigenvalue weighted by molar-refractivity contribution is -0.125. The Morgan fingerprint density at radius 3 is 2.40 bits per heavy atom. The highest BCUT2D eigenvalue weighted by Crippen LogP contribution is 2.54. The van der Waals surface area contributed by atoms with Gasteiger partial charge in [-0.1, -0.05) is 0 Å². The number of amides is 1. The van der Waals surface area contributed by atoms with Crippen molar-refractivity contribution < 1.29 is 4.79 Å². The molecule has 2 atom stereocenters. The molecule has 3 N–H and O–H groups in total. The first-order chi connectivity index (χ1) is 4.81. The molecule has 2 saturated carbocycles. The minimum absolute atomic E-state index is 0.0344. The van der Waals surface area contributed by atoms with Gasteiger partial charge in [0.25, 0.3) is 0 Å². The van der Waals surface area contributed by atoms with Gasteiger partial charge in [-0.2, -0.15) is 0 Å². The summed E-state index contributed by atoms with van der Waals surface area (Å²) in [6.45, 7) is 0. The Morgan fingerprint density at radius 2 is 1.90 bits per heavy atom. The molecule has 10 heavy (non-hydrogen) atoms. The fourth-order valence-corrected chi connectivity index (χ4v) is 2.05. The van der Waals surface area contributed by atoms with Gasteiger partial charge in [-0.05, 0) is 31.1 Å². The maximum absolute atomic E-state index is 10.9. The van der Waals surface area contributed by atoms with Crippen molar-refractivity contribution in [3.63, 3.8) is 0 Å². The number of rotatable bonds is 1. The van der Waals surface area contributed by atoms with Crippen molar-refractivity contribution in [2.45, 2.75) is 19.3 Å². The van der Waals surface area contributed by atoms with Crippen LogP contribution in [0.1, 0.15) is 19.3 Å². The second kappa shape index (κ2) is 1.95. The first-order valence-electron chi connectivity index (χ1n) is 3.81. The van der Waals surface area contributed by atoms with E-state index in [1.807, 2.05) is 0 Å². The predicted octanol–water partition coefficient (Wildman–Crippen LogP) is 0.0224. The van der Waals surface area contributed by atoms with E-state index in [0.717, 1.165) is 24.7 Å². The summed E-state index contributed by atoms with van der Waals surface area (Å²) in [6, 6.07) is 0. The van der Waals surface area contributed by atoms with Gasteiger partial charge in [0.05, 0.1) is 0 Å². The zero-order valence-electron chi connectivity index (χ0n) is 5.84. The van der Waals surface area contributed by atoms with Crippen LogP contribution in [0.4, 0.5) is 0 Å². The number of nitrogens with two attached hydrogens (primary N) is 1. The summed E-state index contributed by atoms with van der Waals surface area (Å²) in [5, 5.41) is 0. The zero-order valence-corrected chi connectivity index (χ0v) is 5.84. The van der Waals surface area contributed by atoms with E-state index in [0.29, 0.717) is 0 Å². The molecule has 0 saturated heterocycles. The van der Waals surface area contributed by atoms with E-state index in [9.17, 15) is 4.79 Å². The highest BCUT2D eigenvalue weighted by molar-refractivity contribution is 5.78. The molecule has 0 aromatic heterocycles. The minimum Gasteiger partial charge on any atom is -0.294 e. The van der Waals surface area contributed by atoms with Gasteiger partial charge in [-0.15, -0.1) is 0 Å². The lowest BCUT2D eigenvalue weighted by Gasteiger charge is -2.07. The highest BCUT2D eigenvalue weighted by atomic mass is 16.2. The molecule has 56 valence electrons. The molecule has 0 bridgehead atoms. The zero-order chi connectivity index (χ0) is 7.14. The van der Waals surface area contributed by atoms with Crippen LogP contribution in [0.25, 0.3) is 0 Å². The lowest BCUT2D eigenvalue weighted by atomic mass is 10.0. The SMILES string of the molecule is NNC(=O)C1CC2CC2C1. The van der Waals surface area contributed by atoms with Crippen molar-refractivity contribution in [1.82, 2.24) is 5.43 Å². The molecule has 0 aliphatic heterocycles. The van der Waals surface area contributed by atoms with Gasteiger partial charge in [-0.25, -0.2) is 5.84 Å². The Labute approximate surface area is 59.9 Å². The van der Waals surface area contributed by atoms with Crippen LogP contribution in [0, 0.1) is 17.8 Å². The van der Waals surface area contributed by atoms with Gasteiger partial charge < -0.3 is 0 Å². The molecule has 0 radical (unpaired) electrons. The third-order valence-electron chi connectivity index (χ3n) is 2.76. The molecule has 3 heteroatoms. The van der Waals surface area contributed by atoms with Crippen molar-refractivity contribution in [3.8, 4) is 0 Å². The molecule has 2 aliphatic carbocycles. The number of fused-ring (bicyclic) bond motifs is 1. The normalized spacial score (nSPS) is 42.7. The van der Waals surface area contributed by atoms with Crippen molar-refractivity contribution in [1.29, 1.82) is 0 Å². The second-order valence-electron chi connectivity index (χ2n) is 3.43. The molecule has 1 amide bonds. The second-order valence-corrected chi connectivity index (χ2v) is 3.43. The van der Waals surface area contributed by atoms with E-state index >= 15 is 0 Å². The maximum Gasteiger partial charge on any atom is 0.237 e. The molecule has 0 aromatic carbocycles. The molecule has 2 fully saturated rings. The Balaban J connectivity index is 1.90. The fraction of sp³-hybridized carbons (Fsp3) is 0.857. The summed E-state index contributed by atoms with van der Waals surface area (Å²) in [6.07, 6.45) is 3.51. The van der Waals surface area contributed by atoms with Crippen LogP contribution >= 0.6 is 0 Å². The van der Waals surface area contributed by atoms with Gasteiger partial charge in [0.15, 0.2) is 0 Å². The number of hydrazine groups is 1. The third kappa shape index (κ3) is 0.814. The van der Waals surface area contributed by atoms with Gasteiger partial charge in [0, 0.05) is 5.92 Å². The van der Waals surface area contributed by atoms with Crippen molar-refractivity contribution in [2.24, 2.45) is 23.6 Å². The molecule has 3 nitrogen and oxygen atoms in total. The molecule has 0 spiro atoms. The summed E-state index contributed by atoms with van der Waals surface area (Å²) in [5.41, 5.74) is 2.21. The average molecular weight is 140 g/mol. The molecule has 2 aliphatic rings. The summed E-state index contributed by atoms with van der Waals surface area (Å²) < 4.78 is 0. The fourth-order valence-electron chi connectivity index (χ4n) is 2.05. The van der Waals surface area contributed by atoms with E-state index in [1.165, 1.54) is 6.42 Å². The molecule has 2 rings (SSSR count). The number of carbonyl (C=O) groups excluding carboxylic acids is 1. The standard InChI is InChI=1S/C7H12N2O/c8-9-7(10)6-2-4-1-5(4)3-6/h4-6H,1-3,8H2,(H,9,10). The predicted molar refractivity (Wildman–Crippen MR) is 36.7 cm³/mol. The number of nitrogens with one attached hydrogen (secondary N) is 1. The van der Waals surface area contributed by atoms with E-state index < -0.39 is 0 Å². The van der Waals surface area contributed by atoms with Crippen molar-refractivity contribution in [2.75, 3.05) is 0 Å². The molecule has 0 aromatic rings. The van der Waals surface area contributed by atoms with E-state index in [1.54, 1.807) is 0 Å². The smallest absolute Gasteiger partial charge is 0.237 e. The quantitative estimate of drug-likeness (QED) is 0.306. The van der Waals surface area contributed by atoms with Gasteiger partial charge in [0.1, 0.15) is 0 Å². The average Bonchev–Trinajstić information content (AvgIpc) is 2.57. The summed E-state index contributed by atoms with van der Waals surface area (Å²) in [4.78, 5) is 10.9.